The van der Waals surface area contributed by atoms with Gasteiger partial charge in [-0.25, -0.2) is 0 Å². The lowest BCUT2D eigenvalue weighted by atomic mass is 9.75. The van der Waals surface area contributed by atoms with Crippen LogP contribution in [0.1, 0.15) is 49.5 Å². The number of ketones is 1. The maximum atomic E-state index is 12.2. The van der Waals surface area contributed by atoms with E-state index in [-0.39, 0.29) is 11.2 Å². The third-order valence-corrected chi connectivity index (χ3v) is 3.52. The zero-order valence-electron chi connectivity index (χ0n) is 12.3. The molecule has 0 fully saturated rings. The van der Waals surface area contributed by atoms with Gasteiger partial charge in [0, 0.05) is 5.56 Å². The molecule has 0 aromatic heterocycles. The van der Waals surface area contributed by atoms with Crippen LogP contribution in [0.3, 0.4) is 0 Å². The Morgan fingerprint density at radius 1 is 1.11 bits per heavy atom. The molecule has 1 heteroatoms. The van der Waals surface area contributed by atoms with Crippen molar-refractivity contribution in [3.63, 3.8) is 0 Å². The van der Waals surface area contributed by atoms with E-state index in [4.69, 9.17) is 0 Å². The lowest BCUT2D eigenvalue weighted by Crippen LogP contribution is -2.17. The van der Waals surface area contributed by atoms with Crippen LogP contribution >= 0.6 is 0 Å². The largest absolute Gasteiger partial charge is 0.289 e. The Hall–Kier alpha value is -1.63. The molecule has 0 radical (unpaired) electrons. The Kier molecular flexibility index (Phi) is 3.75. The maximum absolute atomic E-state index is 12.2. The summed E-state index contributed by atoms with van der Waals surface area (Å²) >= 11 is 0. The molecule has 1 aliphatic rings. The van der Waals surface area contributed by atoms with E-state index in [1.54, 1.807) is 6.08 Å². The second-order valence-electron chi connectivity index (χ2n) is 6.46. The number of aryl methyl sites for hydroxylation is 1. The predicted octanol–water partition coefficient (Wildman–Crippen LogP) is 4.87. The summed E-state index contributed by atoms with van der Waals surface area (Å²) in [4.78, 5) is 12.2. The average Bonchev–Trinajstić information content (AvgIpc) is 2.26. The smallest absolute Gasteiger partial charge is 0.186 e. The molecule has 100 valence electrons. The van der Waals surface area contributed by atoms with Crippen molar-refractivity contribution >= 4 is 5.78 Å². The van der Waals surface area contributed by atoms with Gasteiger partial charge >= 0.3 is 0 Å². The molecule has 1 aromatic carbocycles. The van der Waals surface area contributed by atoms with Crippen molar-refractivity contribution in [1.29, 1.82) is 0 Å². The molecule has 0 spiro atoms. The Morgan fingerprint density at radius 2 is 1.74 bits per heavy atom. The fraction of sp³-hybridized carbons (Fsp3) is 0.389. The molecule has 0 bridgehead atoms. The summed E-state index contributed by atoms with van der Waals surface area (Å²) in [7, 11) is 0. The third-order valence-electron chi connectivity index (χ3n) is 3.52. The summed E-state index contributed by atoms with van der Waals surface area (Å²) in [6.45, 7) is 8.69. The van der Waals surface area contributed by atoms with Gasteiger partial charge in [0.1, 0.15) is 0 Å². The van der Waals surface area contributed by atoms with Crippen molar-refractivity contribution < 1.29 is 4.79 Å². The molecule has 1 aliphatic carbocycles. The van der Waals surface area contributed by atoms with Crippen molar-refractivity contribution in [1.82, 2.24) is 0 Å². The number of hydrogen-bond donors (Lipinski definition) is 0. The molecule has 1 aromatic rings. The quantitative estimate of drug-likeness (QED) is 0.543. The number of hydrogen-bond acceptors (Lipinski definition) is 1. The highest BCUT2D eigenvalue weighted by Gasteiger charge is 2.24. The lowest BCUT2D eigenvalue weighted by Gasteiger charge is -2.30. The van der Waals surface area contributed by atoms with E-state index in [1.165, 1.54) is 11.1 Å². The van der Waals surface area contributed by atoms with Gasteiger partial charge in [0.15, 0.2) is 5.78 Å². The highest BCUT2D eigenvalue weighted by molar-refractivity contribution is 6.05. The van der Waals surface area contributed by atoms with E-state index >= 15 is 0 Å². The van der Waals surface area contributed by atoms with E-state index < -0.39 is 0 Å². The molecular formula is C18H22O. The normalized spacial score (nSPS) is 20.2. The Labute approximate surface area is 116 Å². The molecule has 0 atom stereocenters. The molecule has 19 heavy (non-hydrogen) atoms. The van der Waals surface area contributed by atoms with Crippen LogP contribution in [0.4, 0.5) is 0 Å². The van der Waals surface area contributed by atoms with Gasteiger partial charge in [0.05, 0.1) is 0 Å². The highest BCUT2D eigenvalue weighted by Crippen LogP contribution is 2.37. The van der Waals surface area contributed by atoms with Crippen LogP contribution in [0.25, 0.3) is 0 Å². The standard InChI is InChI=1S/C18H22O/c1-13-5-7-16(8-6-13)17(19)10-15-9-14(2)11-18(3,4)12-15/h5-10H,11-12H2,1-4H3. The molecule has 0 saturated heterocycles. The van der Waals surface area contributed by atoms with Crippen molar-refractivity contribution in [2.75, 3.05) is 0 Å². The highest BCUT2D eigenvalue weighted by atomic mass is 16.1. The van der Waals surface area contributed by atoms with Crippen LogP contribution in [0, 0.1) is 12.3 Å². The number of carbonyl (C=O) groups is 1. The monoisotopic (exact) mass is 254 g/mol. The van der Waals surface area contributed by atoms with Crippen LogP contribution in [0.2, 0.25) is 0 Å². The summed E-state index contributed by atoms with van der Waals surface area (Å²) in [5, 5.41) is 0. The number of benzene rings is 1. The number of allylic oxidation sites excluding steroid dienone is 4. The first kappa shape index (κ1) is 13.8. The molecular weight excluding hydrogens is 232 g/mol. The Balaban J connectivity index is 2.24. The lowest BCUT2D eigenvalue weighted by molar-refractivity contribution is 0.104. The summed E-state index contributed by atoms with van der Waals surface area (Å²) in [5.41, 5.74) is 4.72. The molecule has 1 nitrogen and oxygen atoms in total. The second-order valence-corrected chi connectivity index (χ2v) is 6.46. The van der Waals surface area contributed by atoms with Gasteiger partial charge in [0.2, 0.25) is 0 Å². The molecule has 0 saturated carbocycles. The van der Waals surface area contributed by atoms with Crippen molar-refractivity contribution in [3.05, 3.63) is 58.7 Å². The molecule has 0 N–H and O–H groups in total. The van der Waals surface area contributed by atoms with Crippen LogP contribution in [0.15, 0.2) is 47.6 Å². The number of rotatable bonds is 2. The van der Waals surface area contributed by atoms with E-state index in [0.717, 1.165) is 24.0 Å². The zero-order valence-corrected chi connectivity index (χ0v) is 12.3. The number of carbonyl (C=O) groups excluding carboxylic acids is 1. The van der Waals surface area contributed by atoms with Gasteiger partial charge in [-0.2, -0.15) is 0 Å². The fourth-order valence-electron chi connectivity index (χ4n) is 2.85. The van der Waals surface area contributed by atoms with Crippen LogP contribution in [0.5, 0.6) is 0 Å². The first-order chi connectivity index (χ1) is 8.85. The summed E-state index contributed by atoms with van der Waals surface area (Å²) in [5.74, 6) is 0.108. The maximum Gasteiger partial charge on any atom is 0.186 e. The Bertz CT molecular complexity index is 542. The minimum atomic E-state index is 0.108. The van der Waals surface area contributed by atoms with E-state index in [9.17, 15) is 4.79 Å². The van der Waals surface area contributed by atoms with Crippen LogP contribution in [-0.4, -0.2) is 5.78 Å². The van der Waals surface area contributed by atoms with Gasteiger partial charge in [-0.05, 0) is 43.8 Å². The zero-order chi connectivity index (χ0) is 14.0. The van der Waals surface area contributed by atoms with Crippen LogP contribution in [-0.2, 0) is 0 Å². The average molecular weight is 254 g/mol. The minimum absolute atomic E-state index is 0.108. The summed E-state index contributed by atoms with van der Waals surface area (Å²) in [6, 6.07) is 7.77. The van der Waals surface area contributed by atoms with Gasteiger partial charge < -0.3 is 0 Å². The predicted molar refractivity (Wildman–Crippen MR) is 80.4 cm³/mol. The van der Waals surface area contributed by atoms with E-state index in [1.807, 2.05) is 31.2 Å². The molecule has 0 heterocycles. The Morgan fingerprint density at radius 3 is 2.32 bits per heavy atom. The minimum Gasteiger partial charge on any atom is -0.289 e. The van der Waals surface area contributed by atoms with Crippen molar-refractivity contribution in [3.8, 4) is 0 Å². The fourth-order valence-corrected chi connectivity index (χ4v) is 2.85. The molecule has 0 unspecified atom stereocenters. The van der Waals surface area contributed by atoms with E-state index in [2.05, 4.69) is 26.8 Å². The molecule has 0 amide bonds. The summed E-state index contributed by atoms with van der Waals surface area (Å²) < 4.78 is 0. The van der Waals surface area contributed by atoms with Gasteiger partial charge in [-0.15, -0.1) is 0 Å². The van der Waals surface area contributed by atoms with Gasteiger partial charge in [-0.3, -0.25) is 4.79 Å². The first-order valence-corrected chi connectivity index (χ1v) is 6.84. The van der Waals surface area contributed by atoms with E-state index in [0.29, 0.717) is 0 Å². The molecule has 2 rings (SSSR count). The SMILES string of the molecule is CC1=CC(=CC(=O)c2ccc(C)cc2)CC(C)(C)C1. The topological polar surface area (TPSA) is 17.1 Å². The summed E-state index contributed by atoms with van der Waals surface area (Å²) in [6.07, 6.45) is 6.05. The molecule has 0 aliphatic heterocycles. The van der Waals surface area contributed by atoms with Crippen molar-refractivity contribution in [2.24, 2.45) is 5.41 Å². The van der Waals surface area contributed by atoms with Gasteiger partial charge in [0.25, 0.3) is 0 Å². The van der Waals surface area contributed by atoms with Crippen LogP contribution < -0.4 is 0 Å². The third kappa shape index (κ3) is 3.66. The van der Waals surface area contributed by atoms with Crippen molar-refractivity contribution in [2.45, 2.75) is 40.5 Å². The second kappa shape index (κ2) is 5.16. The van der Waals surface area contributed by atoms with Gasteiger partial charge in [-0.1, -0.05) is 55.3 Å². The first-order valence-electron chi connectivity index (χ1n) is 6.84.